The van der Waals surface area contributed by atoms with Gasteiger partial charge in [-0.15, -0.1) is 0 Å². The molecule has 110 valence electrons. The van der Waals surface area contributed by atoms with Gasteiger partial charge in [0.15, 0.2) is 0 Å². The molecule has 0 aliphatic carbocycles. The second kappa shape index (κ2) is 6.83. The summed E-state index contributed by atoms with van der Waals surface area (Å²) in [5, 5.41) is 3.48. The smallest absolute Gasteiger partial charge is 0.0776 e. The zero-order valence-corrected chi connectivity index (χ0v) is 12.6. The van der Waals surface area contributed by atoms with E-state index in [4.69, 9.17) is 4.98 Å². The molecule has 1 aromatic heterocycles. The van der Waals surface area contributed by atoms with Gasteiger partial charge in [0.2, 0.25) is 0 Å². The maximum atomic E-state index is 4.70. The summed E-state index contributed by atoms with van der Waals surface area (Å²) in [6, 6.07) is 15.3. The van der Waals surface area contributed by atoms with Crippen LogP contribution in [0.2, 0.25) is 0 Å². The second-order valence-electron chi connectivity index (χ2n) is 5.71. The van der Waals surface area contributed by atoms with Gasteiger partial charge in [-0.2, -0.15) is 0 Å². The Kier molecular flexibility index (Phi) is 4.63. The van der Waals surface area contributed by atoms with Crippen molar-refractivity contribution in [3.63, 3.8) is 0 Å². The van der Waals surface area contributed by atoms with Crippen molar-refractivity contribution in [2.45, 2.75) is 19.4 Å². The van der Waals surface area contributed by atoms with Gasteiger partial charge in [0.1, 0.15) is 0 Å². The zero-order valence-electron chi connectivity index (χ0n) is 12.6. The first kappa shape index (κ1) is 14.2. The van der Waals surface area contributed by atoms with Crippen LogP contribution < -0.4 is 5.32 Å². The lowest BCUT2D eigenvalue weighted by molar-refractivity contribution is 0.237. The average Bonchev–Trinajstić information content (AvgIpc) is 2.80. The molecule has 1 aliphatic rings. The van der Waals surface area contributed by atoms with Crippen LogP contribution >= 0.6 is 0 Å². The van der Waals surface area contributed by atoms with Crippen LogP contribution in [-0.4, -0.2) is 36.1 Å². The molecule has 3 heteroatoms. The van der Waals surface area contributed by atoms with Gasteiger partial charge < -0.3 is 5.32 Å². The van der Waals surface area contributed by atoms with Gasteiger partial charge in [0.25, 0.3) is 0 Å². The third kappa shape index (κ3) is 3.49. The van der Waals surface area contributed by atoms with Gasteiger partial charge in [-0.1, -0.05) is 36.4 Å². The fraction of sp³-hybridized carbons (Fsp3) is 0.389. The van der Waals surface area contributed by atoms with E-state index in [1.54, 1.807) is 0 Å². The van der Waals surface area contributed by atoms with Crippen molar-refractivity contribution in [2.75, 3.05) is 26.2 Å². The van der Waals surface area contributed by atoms with Crippen LogP contribution in [-0.2, 0) is 0 Å². The molecule has 0 amide bonds. The topological polar surface area (TPSA) is 28.2 Å². The zero-order chi connectivity index (χ0) is 14.5. The standard InChI is InChI=1S/C18H23N3/c1-15-8-9-17(20-14-15)18(16-6-3-2-4-7-16)21-12-5-10-19-11-13-21/h2-4,6-9,14,18-19H,5,10-13H2,1H3. The molecule has 1 atom stereocenters. The van der Waals surface area contributed by atoms with Gasteiger partial charge >= 0.3 is 0 Å². The van der Waals surface area contributed by atoms with Crippen molar-refractivity contribution >= 4 is 0 Å². The SMILES string of the molecule is Cc1ccc(C(c2ccccc2)N2CCCNCC2)nc1. The Balaban J connectivity index is 1.95. The van der Waals surface area contributed by atoms with Crippen LogP contribution in [0.25, 0.3) is 0 Å². The summed E-state index contributed by atoms with van der Waals surface area (Å²) < 4.78 is 0. The number of nitrogens with one attached hydrogen (secondary N) is 1. The molecule has 1 fully saturated rings. The number of pyridine rings is 1. The van der Waals surface area contributed by atoms with Crippen LogP contribution in [0.1, 0.15) is 29.3 Å². The second-order valence-corrected chi connectivity index (χ2v) is 5.71. The highest BCUT2D eigenvalue weighted by atomic mass is 15.2. The van der Waals surface area contributed by atoms with Gasteiger partial charge in [-0.3, -0.25) is 9.88 Å². The number of rotatable bonds is 3. The first-order valence-corrected chi connectivity index (χ1v) is 7.77. The van der Waals surface area contributed by atoms with E-state index in [2.05, 4.69) is 59.6 Å². The summed E-state index contributed by atoms with van der Waals surface area (Å²) in [6.07, 6.45) is 3.16. The molecule has 0 bridgehead atoms. The third-order valence-electron chi connectivity index (χ3n) is 4.07. The number of aromatic nitrogens is 1. The van der Waals surface area contributed by atoms with Crippen LogP contribution in [0, 0.1) is 6.92 Å². The Hall–Kier alpha value is -1.71. The Labute approximate surface area is 127 Å². The summed E-state index contributed by atoms with van der Waals surface area (Å²) in [7, 11) is 0. The number of nitrogens with zero attached hydrogens (tertiary/aromatic N) is 2. The number of aryl methyl sites for hydroxylation is 1. The predicted molar refractivity (Wildman–Crippen MR) is 86.3 cm³/mol. The largest absolute Gasteiger partial charge is 0.315 e. The van der Waals surface area contributed by atoms with Crippen LogP contribution in [0.5, 0.6) is 0 Å². The molecule has 3 rings (SSSR count). The van der Waals surface area contributed by atoms with Crippen LogP contribution in [0.15, 0.2) is 48.7 Å². The lowest BCUT2D eigenvalue weighted by Crippen LogP contribution is -2.33. The van der Waals surface area contributed by atoms with E-state index >= 15 is 0 Å². The summed E-state index contributed by atoms with van der Waals surface area (Å²) in [4.78, 5) is 7.25. The van der Waals surface area contributed by atoms with Crippen LogP contribution in [0.4, 0.5) is 0 Å². The minimum Gasteiger partial charge on any atom is -0.315 e. The van der Waals surface area contributed by atoms with Crippen molar-refractivity contribution < 1.29 is 0 Å². The molecule has 2 aromatic rings. The lowest BCUT2D eigenvalue weighted by Gasteiger charge is -2.30. The third-order valence-corrected chi connectivity index (χ3v) is 4.07. The molecule has 3 nitrogen and oxygen atoms in total. The van der Waals surface area contributed by atoms with Gasteiger partial charge in [-0.05, 0) is 37.1 Å². The van der Waals surface area contributed by atoms with E-state index in [0.717, 1.165) is 31.9 Å². The van der Waals surface area contributed by atoms with E-state index in [1.807, 2.05) is 6.20 Å². The molecular weight excluding hydrogens is 258 g/mol. The van der Waals surface area contributed by atoms with Crippen LogP contribution in [0.3, 0.4) is 0 Å². The average molecular weight is 281 g/mol. The van der Waals surface area contributed by atoms with Gasteiger partial charge in [0, 0.05) is 25.8 Å². The number of hydrogen-bond acceptors (Lipinski definition) is 3. The number of hydrogen-bond donors (Lipinski definition) is 1. The minimum atomic E-state index is 0.256. The molecule has 0 spiro atoms. The highest BCUT2D eigenvalue weighted by molar-refractivity contribution is 5.29. The van der Waals surface area contributed by atoms with Crippen molar-refractivity contribution in [1.82, 2.24) is 15.2 Å². The summed E-state index contributed by atoms with van der Waals surface area (Å²) >= 11 is 0. The minimum absolute atomic E-state index is 0.256. The Morgan fingerprint density at radius 3 is 2.67 bits per heavy atom. The molecule has 1 N–H and O–H groups in total. The van der Waals surface area contributed by atoms with Crippen molar-refractivity contribution in [3.05, 3.63) is 65.5 Å². The summed E-state index contributed by atoms with van der Waals surface area (Å²) in [6.45, 7) is 6.43. The van der Waals surface area contributed by atoms with E-state index in [0.29, 0.717) is 0 Å². The molecule has 21 heavy (non-hydrogen) atoms. The number of benzene rings is 1. The monoisotopic (exact) mass is 281 g/mol. The molecule has 1 aromatic carbocycles. The fourth-order valence-electron chi connectivity index (χ4n) is 2.97. The van der Waals surface area contributed by atoms with E-state index in [-0.39, 0.29) is 6.04 Å². The lowest BCUT2D eigenvalue weighted by atomic mass is 10.0. The first-order valence-electron chi connectivity index (χ1n) is 7.77. The normalized spacial score (nSPS) is 18.1. The highest BCUT2D eigenvalue weighted by Gasteiger charge is 2.23. The molecule has 0 saturated carbocycles. The van der Waals surface area contributed by atoms with E-state index in [9.17, 15) is 0 Å². The van der Waals surface area contributed by atoms with Crippen molar-refractivity contribution in [1.29, 1.82) is 0 Å². The summed E-state index contributed by atoms with van der Waals surface area (Å²) in [5.41, 5.74) is 3.69. The highest BCUT2D eigenvalue weighted by Crippen LogP contribution is 2.27. The Morgan fingerprint density at radius 2 is 1.90 bits per heavy atom. The molecule has 0 radical (unpaired) electrons. The fourth-order valence-corrected chi connectivity index (χ4v) is 2.97. The predicted octanol–water partition coefficient (Wildman–Crippen LogP) is 2.77. The molecule has 2 heterocycles. The quantitative estimate of drug-likeness (QED) is 0.937. The van der Waals surface area contributed by atoms with Gasteiger partial charge in [0.05, 0.1) is 11.7 Å². The Bertz CT molecular complexity index is 542. The Morgan fingerprint density at radius 1 is 1.05 bits per heavy atom. The van der Waals surface area contributed by atoms with Crippen molar-refractivity contribution in [2.24, 2.45) is 0 Å². The first-order chi connectivity index (χ1) is 10.3. The van der Waals surface area contributed by atoms with E-state index in [1.165, 1.54) is 17.5 Å². The molecule has 1 saturated heterocycles. The van der Waals surface area contributed by atoms with Gasteiger partial charge in [-0.25, -0.2) is 0 Å². The summed E-state index contributed by atoms with van der Waals surface area (Å²) in [5.74, 6) is 0. The molecule has 1 aliphatic heterocycles. The molecule has 1 unspecified atom stereocenters. The van der Waals surface area contributed by atoms with Crippen molar-refractivity contribution in [3.8, 4) is 0 Å². The maximum Gasteiger partial charge on any atom is 0.0776 e. The maximum absolute atomic E-state index is 4.70. The van der Waals surface area contributed by atoms with E-state index < -0.39 is 0 Å². The molecular formula is C18H23N3.